The Balaban J connectivity index is 2.40. The van der Waals surface area contributed by atoms with Gasteiger partial charge in [0.05, 0.1) is 24.6 Å². The van der Waals surface area contributed by atoms with Gasteiger partial charge in [-0.25, -0.2) is 4.98 Å². The summed E-state index contributed by atoms with van der Waals surface area (Å²) in [5.74, 6) is 0.913. The molecule has 4 heteroatoms. The van der Waals surface area contributed by atoms with Gasteiger partial charge in [0, 0.05) is 13.6 Å². The van der Waals surface area contributed by atoms with E-state index in [2.05, 4.69) is 4.98 Å². The largest absolute Gasteiger partial charge is 0.397 e. The van der Waals surface area contributed by atoms with Crippen LogP contribution in [0.1, 0.15) is 13.8 Å². The molecule has 0 bridgehead atoms. The molecular formula is C11H19N3O. The lowest BCUT2D eigenvalue weighted by Crippen LogP contribution is -2.24. The number of hydrogen-bond donors (Lipinski definition) is 1. The molecular weight excluding hydrogens is 190 g/mol. The highest BCUT2D eigenvalue weighted by Gasteiger charge is 2.02. The molecule has 1 aromatic heterocycles. The maximum atomic E-state index is 5.56. The predicted molar refractivity (Wildman–Crippen MR) is 63.0 cm³/mol. The Bertz CT molecular complexity index is 284. The third kappa shape index (κ3) is 4.16. The molecule has 15 heavy (non-hydrogen) atoms. The van der Waals surface area contributed by atoms with Crippen LogP contribution in [0.25, 0.3) is 0 Å². The van der Waals surface area contributed by atoms with Crippen molar-refractivity contribution in [3.8, 4) is 0 Å². The van der Waals surface area contributed by atoms with Crippen LogP contribution < -0.4 is 10.6 Å². The molecule has 0 aliphatic heterocycles. The van der Waals surface area contributed by atoms with Gasteiger partial charge in [-0.15, -0.1) is 0 Å². The first-order valence-corrected chi connectivity index (χ1v) is 5.14. The summed E-state index contributed by atoms with van der Waals surface area (Å²) in [5.41, 5.74) is 6.25. The van der Waals surface area contributed by atoms with Crippen molar-refractivity contribution < 1.29 is 4.74 Å². The Morgan fingerprint density at radius 3 is 2.73 bits per heavy atom. The molecule has 0 amide bonds. The SMILES string of the molecule is CC(C)OCCN(C)c1ccc(N)cn1. The Hall–Kier alpha value is -1.29. The van der Waals surface area contributed by atoms with Crippen molar-refractivity contribution in [2.24, 2.45) is 0 Å². The Morgan fingerprint density at radius 2 is 2.20 bits per heavy atom. The fraction of sp³-hybridized carbons (Fsp3) is 0.545. The summed E-state index contributed by atoms with van der Waals surface area (Å²) in [7, 11) is 1.99. The first-order valence-electron chi connectivity index (χ1n) is 5.14. The van der Waals surface area contributed by atoms with Crippen LogP contribution in [0.5, 0.6) is 0 Å². The zero-order valence-corrected chi connectivity index (χ0v) is 9.60. The van der Waals surface area contributed by atoms with Gasteiger partial charge in [-0.05, 0) is 26.0 Å². The van der Waals surface area contributed by atoms with E-state index < -0.39 is 0 Å². The Morgan fingerprint density at radius 1 is 1.47 bits per heavy atom. The molecule has 0 aromatic carbocycles. The third-order valence-electron chi connectivity index (χ3n) is 2.04. The van der Waals surface area contributed by atoms with E-state index in [1.165, 1.54) is 0 Å². The monoisotopic (exact) mass is 209 g/mol. The molecule has 1 heterocycles. The summed E-state index contributed by atoms with van der Waals surface area (Å²) >= 11 is 0. The Labute approximate surface area is 91.1 Å². The minimum Gasteiger partial charge on any atom is -0.397 e. The number of anilines is 2. The van der Waals surface area contributed by atoms with Crippen LogP contribution in [0, 0.1) is 0 Å². The second-order valence-corrected chi connectivity index (χ2v) is 3.79. The molecule has 84 valence electrons. The molecule has 0 radical (unpaired) electrons. The van der Waals surface area contributed by atoms with E-state index in [-0.39, 0.29) is 6.10 Å². The average molecular weight is 209 g/mol. The highest BCUT2D eigenvalue weighted by atomic mass is 16.5. The first kappa shape index (κ1) is 11.8. The molecule has 4 nitrogen and oxygen atoms in total. The van der Waals surface area contributed by atoms with Crippen LogP contribution >= 0.6 is 0 Å². The van der Waals surface area contributed by atoms with Crippen molar-refractivity contribution in [2.75, 3.05) is 30.8 Å². The molecule has 1 rings (SSSR count). The lowest BCUT2D eigenvalue weighted by atomic mass is 10.4. The highest BCUT2D eigenvalue weighted by Crippen LogP contribution is 2.09. The molecule has 0 saturated carbocycles. The second kappa shape index (κ2) is 5.56. The maximum Gasteiger partial charge on any atom is 0.128 e. The topological polar surface area (TPSA) is 51.4 Å². The molecule has 0 saturated heterocycles. The van der Waals surface area contributed by atoms with E-state index in [1.807, 2.05) is 37.9 Å². The standard InChI is InChI=1S/C11H19N3O/c1-9(2)15-7-6-14(3)11-5-4-10(12)8-13-11/h4-5,8-9H,6-7,12H2,1-3H3. The van der Waals surface area contributed by atoms with Gasteiger partial charge in [0.2, 0.25) is 0 Å². The number of aromatic nitrogens is 1. The van der Waals surface area contributed by atoms with Gasteiger partial charge >= 0.3 is 0 Å². The summed E-state index contributed by atoms with van der Waals surface area (Å²) in [6.07, 6.45) is 1.94. The van der Waals surface area contributed by atoms with Crippen molar-refractivity contribution >= 4 is 11.5 Å². The van der Waals surface area contributed by atoms with Crippen molar-refractivity contribution in [1.82, 2.24) is 4.98 Å². The first-order chi connectivity index (χ1) is 7.09. The van der Waals surface area contributed by atoms with E-state index in [1.54, 1.807) is 6.20 Å². The van der Waals surface area contributed by atoms with E-state index in [4.69, 9.17) is 10.5 Å². The molecule has 1 aromatic rings. The van der Waals surface area contributed by atoms with Gasteiger partial charge in [0.1, 0.15) is 5.82 Å². The van der Waals surface area contributed by atoms with E-state index in [0.29, 0.717) is 12.3 Å². The second-order valence-electron chi connectivity index (χ2n) is 3.79. The number of hydrogen-bond acceptors (Lipinski definition) is 4. The quantitative estimate of drug-likeness (QED) is 0.799. The Kier molecular flexibility index (Phi) is 4.37. The number of likely N-dealkylation sites (N-methyl/N-ethyl adjacent to an activating group) is 1. The smallest absolute Gasteiger partial charge is 0.128 e. The van der Waals surface area contributed by atoms with Crippen molar-refractivity contribution in [1.29, 1.82) is 0 Å². The summed E-state index contributed by atoms with van der Waals surface area (Å²) in [6.45, 7) is 5.60. The molecule has 0 atom stereocenters. The fourth-order valence-corrected chi connectivity index (χ4v) is 1.16. The average Bonchev–Trinajstić information content (AvgIpc) is 2.18. The minimum absolute atomic E-state index is 0.276. The van der Waals surface area contributed by atoms with Gasteiger partial charge in [-0.2, -0.15) is 0 Å². The summed E-state index contributed by atoms with van der Waals surface area (Å²) in [5, 5.41) is 0. The van der Waals surface area contributed by atoms with E-state index >= 15 is 0 Å². The van der Waals surface area contributed by atoms with Crippen LogP contribution in [0.3, 0.4) is 0 Å². The lowest BCUT2D eigenvalue weighted by molar-refractivity contribution is 0.0845. The van der Waals surface area contributed by atoms with E-state index in [9.17, 15) is 0 Å². The third-order valence-corrected chi connectivity index (χ3v) is 2.04. The van der Waals surface area contributed by atoms with Gasteiger partial charge in [0.15, 0.2) is 0 Å². The zero-order chi connectivity index (χ0) is 11.3. The number of pyridine rings is 1. The number of nitrogen functional groups attached to an aromatic ring is 1. The highest BCUT2D eigenvalue weighted by molar-refractivity contribution is 5.45. The molecule has 0 fully saturated rings. The molecule has 0 aliphatic carbocycles. The predicted octanol–water partition coefficient (Wildman–Crippen LogP) is 1.53. The number of nitrogens with zero attached hydrogens (tertiary/aromatic N) is 2. The number of ether oxygens (including phenoxy) is 1. The summed E-state index contributed by atoms with van der Waals surface area (Å²) < 4.78 is 5.46. The van der Waals surface area contributed by atoms with Gasteiger partial charge < -0.3 is 15.4 Å². The zero-order valence-electron chi connectivity index (χ0n) is 9.60. The van der Waals surface area contributed by atoms with Crippen LogP contribution in [-0.2, 0) is 4.74 Å². The van der Waals surface area contributed by atoms with Crippen LogP contribution in [0.15, 0.2) is 18.3 Å². The van der Waals surface area contributed by atoms with Crippen LogP contribution in [0.4, 0.5) is 11.5 Å². The molecule has 0 spiro atoms. The van der Waals surface area contributed by atoms with Gasteiger partial charge in [-0.1, -0.05) is 0 Å². The molecule has 2 N–H and O–H groups in total. The number of nitrogens with two attached hydrogens (primary N) is 1. The van der Waals surface area contributed by atoms with Gasteiger partial charge in [-0.3, -0.25) is 0 Å². The number of rotatable bonds is 5. The normalized spacial score (nSPS) is 10.7. The van der Waals surface area contributed by atoms with Crippen LogP contribution in [0.2, 0.25) is 0 Å². The van der Waals surface area contributed by atoms with Crippen molar-refractivity contribution in [3.05, 3.63) is 18.3 Å². The van der Waals surface area contributed by atoms with Gasteiger partial charge in [0.25, 0.3) is 0 Å². The van der Waals surface area contributed by atoms with Crippen molar-refractivity contribution in [2.45, 2.75) is 20.0 Å². The minimum atomic E-state index is 0.276. The molecule has 0 unspecified atom stereocenters. The van der Waals surface area contributed by atoms with E-state index in [0.717, 1.165) is 12.4 Å². The summed E-state index contributed by atoms with van der Waals surface area (Å²) in [4.78, 5) is 6.26. The lowest BCUT2D eigenvalue weighted by Gasteiger charge is -2.18. The maximum absolute atomic E-state index is 5.56. The summed E-state index contributed by atoms with van der Waals surface area (Å²) in [6, 6.07) is 3.76. The molecule has 0 aliphatic rings. The van der Waals surface area contributed by atoms with Crippen LogP contribution in [-0.4, -0.2) is 31.3 Å². The fourth-order valence-electron chi connectivity index (χ4n) is 1.16. The van der Waals surface area contributed by atoms with Crippen molar-refractivity contribution in [3.63, 3.8) is 0 Å².